The van der Waals surface area contributed by atoms with Gasteiger partial charge in [0.15, 0.2) is 0 Å². The maximum atomic E-state index is 12.9. The number of ether oxygens (including phenoxy) is 2. The van der Waals surface area contributed by atoms with Crippen molar-refractivity contribution >= 4 is 29.3 Å². The van der Waals surface area contributed by atoms with Crippen molar-refractivity contribution in [3.8, 4) is 0 Å². The number of hydrogen-bond donors (Lipinski definition) is 0. The largest absolute Gasteiger partial charge is 0.469 e. The van der Waals surface area contributed by atoms with Crippen molar-refractivity contribution in [2.45, 2.75) is 37.8 Å². The number of fused-ring (bicyclic) bond motifs is 2. The highest BCUT2D eigenvalue weighted by atomic mass is 32.1. The zero-order chi connectivity index (χ0) is 18.3. The zero-order valence-electron chi connectivity index (χ0n) is 14.6. The molecule has 26 heavy (non-hydrogen) atoms. The zero-order valence-corrected chi connectivity index (χ0v) is 15.4. The molecule has 0 saturated carbocycles. The number of hydrogen-bond acceptors (Lipinski definition) is 7. The van der Waals surface area contributed by atoms with E-state index in [0.29, 0.717) is 26.0 Å². The summed E-state index contributed by atoms with van der Waals surface area (Å²) in [5.74, 6) is -0.406. The smallest absolute Gasteiger partial charge is 0.410 e. The normalized spacial score (nSPS) is 30.0. The van der Waals surface area contributed by atoms with Crippen LogP contribution in [0.2, 0.25) is 0 Å². The number of aromatic nitrogens is 1. The van der Waals surface area contributed by atoms with Crippen molar-refractivity contribution in [2.75, 3.05) is 26.8 Å². The first-order chi connectivity index (χ1) is 12.5. The van der Waals surface area contributed by atoms with Crippen molar-refractivity contribution in [3.63, 3.8) is 0 Å². The standard InChI is InChI=1S/C17H21N3O5S/c1-24-15(22)17(6-11-9-26-10-18-11)7-12-2-3-13(17)20(12)14(21)8-19-4-5-25-16(19)23/h9-10,12-13H,2-8H2,1H3/t12-,13+,17+/m1/s1. The first-order valence-electron chi connectivity index (χ1n) is 8.73. The number of nitrogens with zero attached hydrogens (tertiary/aromatic N) is 3. The highest BCUT2D eigenvalue weighted by Gasteiger charge is 2.62. The number of amides is 2. The van der Waals surface area contributed by atoms with Gasteiger partial charge in [0.1, 0.15) is 13.2 Å². The van der Waals surface area contributed by atoms with E-state index in [1.807, 2.05) is 10.3 Å². The van der Waals surface area contributed by atoms with Gasteiger partial charge in [-0.05, 0) is 19.3 Å². The van der Waals surface area contributed by atoms with Gasteiger partial charge in [-0.1, -0.05) is 0 Å². The molecule has 0 radical (unpaired) electrons. The van der Waals surface area contributed by atoms with Crippen LogP contribution < -0.4 is 0 Å². The lowest BCUT2D eigenvalue weighted by Gasteiger charge is -2.34. The average Bonchev–Trinajstić information content (AvgIpc) is 3.40. The second-order valence-electron chi connectivity index (χ2n) is 7.09. The molecule has 3 aliphatic rings. The molecule has 3 aliphatic heterocycles. The Balaban J connectivity index is 1.57. The molecule has 2 amide bonds. The molecule has 1 aromatic heterocycles. The van der Waals surface area contributed by atoms with E-state index >= 15 is 0 Å². The summed E-state index contributed by atoms with van der Waals surface area (Å²) in [6, 6.07) is -0.211. The Bertz CT molecular complexity index is 724. The van der Waals surface area contributed by atoms with Gasteiger partial charge in [0.2, 0.25) is 5.91 Å². The molecule has 3 saturated heterocycles. The minimum Gasteiger partial charge on any atom is -0.469 e. The lowest BCUT2D eigenvalue weighted by Crippen LogP contribution is -2.49. The maximum absolute atomic E-state index is 12.9. The molecule has 1 aromatic rings. The highest BCUT2D eigenvalue weighted by molar-refractivity contribution is 7.07. The third-order valence-electron chi connectivity index (χ3n) is 5.77. The van der Waals surface area contributed by atoms with Crippen LogP contribution in [0, 0.1) is 5.41 Å². The molecule has 9 heteroatoms. The van der Waals surface area contributed by atoms with Gasteiger partial charge >= 0.3 is 12.1 Å². The Hall–Kier alpha value is -2.16. The molecule has 4 rings (SSSR count). The van der Waals surface area contributed by atoms with Crippen LogP contribution in [0.5, 0.6) is 0 Å². The van der Waals surface area contributed by atoms with E-state index < -0.39 is 11.5 Å². The number of cyclic esters (lactones) is 1. The topological polar surface area (TPSA) is 89.0 Å². The first-order valence-corrected chi connectivity index (χ1v) is 9.68. The van der Waals surface area contributed by atoms with Crippen LogP contribution in [0.25, 0.3) is 0 Å². The van der Waals surface area contributed by atoms with Crippen LogP contribution in [0.4, 0.5) is 4.79 Å². The molecular formula is C17H21N3O5S. The summed E-state index contributed by atoms with van der Waals surface area (Å²) in [6.07, 6.45) is 2.24. The van der Waals surface area contributed by atoms with Crippen molar-refractivity contribution in [1.82, 2.24) is 14.8 Å². The van der Waals surface area contributed by atoms with Crippen molar-refractivity contribution in [3.05, 3.63) is 16.6 Å². The SMILES string of the molecule is COC(=O)[C@@]1(Cc2cscn2)C[C@H]2CC[C@@H]1N2C(=O)CN1CCOC1=O. The predicted octanol–water partition coefficient (Wildman–Crippen LogP) is 1.06. The number of methoxy groups -OCH3 is 1. The molecule has 3 atom stereocenters. The summed E-state index contributed by atoms with van der Waals surface area (Å²) in [5, 5.41) is 1.93. The number of esters is 1. The van der Waals surface area contributed by atoms with E-state index in [-0.39, 0.29) is 30.5 Å². The molecule has 0 unspecified atom stereocenters. The van der Waals surface area contributed by atoms with Crippen molar-refractivity contribution in [1.29, 1.82) is 0 Å². The van der Waals surface area contributed by atoms with Gasteiger partial charge in [0.05, 0.1) is 30.3 Å². The number of thiazole rings is 1. The van der Waals surface area contributed by atoms with E-state index in [2.05, 4.69) is 4.98 Å². The van der Waals surface area contributed by atoms with E-state index in [1.165, 1.54) is 23.3 Å². The Labute approximate surface area is 155 Å². The molecule has 4 heterocycles. The second kappa shape index (κ2) is 6.53. The number of carbonyl (C=O) groups excluding carboxylic acids is 3. The van der Waals surface area contributed by atoms with Crippen LogP contribution in [0.15, 0.2) is 10.9 Å². The summed E-state index contributed by atoms with van der Waals surface area (Å²) in [7, 11) is 1.39. The van der Waals surface area contributed by atoms with Crippen LogP contribution in [0.3, 0.4) is 0 Å². The van der Waals surface area contributed by atoms with E-state index in [0.717, 1.165) is 18.5 Å². The van der Waals surface area contributed by atoms with Gasteiger partial charge in [-0.2, -0.15) is 0 Å². The van der Waals surface area contributed by atoms with Gasteiger partial charge in [0.25, 0.3) is 0 Å². The van der Waals surface area contributed by atoms with E-state index in [4.69, 9.17) is 9.47 Å². The minimum absolute atomic E-state index is 0.000211. The Morgan fingerprint density at radius 3 is 2.96 bits per heavy atom. The fraction of sp³-hybridized carbons (Fsp3) is 0.647. The molecule has 8 nitrogen and oxygen atoms in total. The summed E-state index contributed by atoms with van der Waals surface area (Å²) in [6.45, 7) is 0.739. The minimum atomic E-state index is -0.757. The van der Waals surface area contributed by atoms with E-state index in [1.54, 1.807) is 5.51 Å². The van der Waals surface area contributed by atoms with Gasteiger partial charge in [-0.3, -0.25) is 14.5 Å². The fourth-order valence-corrected chi connectivity index (χ4v) is 5.27. The van der Waals surface area contributed by atoms with Crippen LogP contribution >= 0.6 is 11.3 Å². The second-order valence-corrected chi connectivity index (χ2v) is 7.81. The van der Waals surface area contributed by atoms with Crippen molar-refractivity contribution < 1.29 is 23.9 Å². The fourth-order valence-electron chi connectivity index (χ4n) is 4.71. The lowest BCUT2D eigenvalue weighted by atomic mass is 9.71. The molecule has 140 valence electrons. The summed E-state index contributed by atoms with van der Waals surface area (Å²) >= 11 is 1.49. The van der Waals surface area contributed by atoms with Crippen LogP contribution in [-0.2, 0) is 25.5 Å². The maximum Gasteiger partial charge on any atom is 0.410 e. The molecule has 0 spiro atoms. The molecule has 0 N–H and O–H groups in total. The van der Waals surface area contributed by atoms with Gasteiger partial charge < -0.3 is 14.4 Å². The number of rotatable bonds is 5. The monoisotopic (exact) mass is 379 g/mol. The molecule has 0 aliphatic carbocycles. The third kappa shape index (κ3) is 2.65. The molecule has 0 aromatic carbocycles. The lowest BCUT2D eigenvalue weighted by molar-refractivity contribution is -0.155. The summed E-state index contributed by atoms with van der Waals surface area (Å²) in [5.41, 5.74) is 1.84. The predicted molar refractivity (Wildman–Crippen MR) is 91.5 cm³/mol. The van der Waals surface area contributed by atoms with Gasteiger partial charge in [0, 0.05) is 23.9 Å². The van der Waals surface area contributed by atoms with Crippen LogP contribution in [-0.4, -0.2) is 71.6 Å². The Morgan fingerprint density at radius 1 is 1.46 bits per heavy atom. The number of carbonyl (C=O) groups is 3. The quantitative estimate of drug-likeness (QED) is 0.711. The van der Waals surface area contributed by atoms with Gasteiger partial charge in [-0.15, -0.1) is 11.3 Å². The average molecular weight is 379 g/mol. The van der Waals surface area contributed by atoms with E-state index in [9.17, 15) is 14.4 Å². The highest BCUT2D eigenvalue weighted by Crippen LogP contribution is 2.52. The summed E-state index contributed by atoms with van der Waals surface area (Å²) in [4.78, 5) is 44.9. The van der Waals surface area contributed by atoms with Gasteiger partial charge in [-0.25, -0.2) is 9.78 Å². The molecule has 3 fully saturated rings. The first kappa shape index (κ1) is 17.3. The Kier molecular flexibility index (Phi) is 4.34. The Morgan fingerprint density at radius 2 is 2.31 bits per heavy atom. The van der Waals surface area contributed by atoms with Crippen molar-refractivity contribution in [2.24, 2.45) is 5.41 Å². The molecular weight excluding hydrogens is 358 g/mol. The summed E-state index contributed by atoms with van der Waals surface area (Å²) < 4.78 is 10.0. The molecule has 2 bridgehead atoms. The van der Waals surface area contributed by atoms with Crippen LogP contribution in [0.1, 0.15) is 25.0 Å². The third-order valence-corrected chi connectivity index (χ3v) is 6.41.